The number of aromatic nitrogens is 3. The molecular formula is C21H20N4O4. The Labute approximate surface area is 167 Å². The zero-order valence-electron chi connectivity index (χ0n) is 16.3. The molecule has 0 bridgehead atoms. The first-order valence-electron chi connectivity index (χ1n) is 9.02. The second-order valence-electron chi connectivity index (χ2n) is 6.44. The summed E-state index contributed by atoms with van der Waals surface area (Å²) >= 11 is 0. The number of benzene rings is 2. The molecule has 0 fully saturated rings. The van der Waals surface area contributed by atoms with Crippen molar-refractivity contribution >= 4 is 22.9 Å². The van der Waals surface area contributed by atoms with E-state index in [1.54, 1.807) is 26.2 Å². The lowest BCUT2D eigenvalue weighted by Crippen LogP contribution is -2.17. The third-order valence-corrected chi connectivity index (χ3v) is 4.65. The fourth-order valence-corrected chi connectivity index (χ4v) is 3.05. The van der Waals surface area contributed by atoms with Crippen LogP contribution in [0.5, 0.6) is 11.5 Å². The summed E-state index contributed by atoms with van der Waals surface area (Å²) in [5, 5.41) is 6.72. The van der Waals surface area contributed by atoms with Crippen molar-refractivity contribution in [3.05, 3.63) is 65.5 Å². The highest BCUT2D eigenvalue weighted by molar-refractivity contribution is 6.03. The Morgan fingerprint density at radius 1 is 1.14 bits per heavy atom. The highest BCUT2D eigenvalue weighted by atomic mass is 16.5. The summed E-state index contributed by atoms with van der Waals surface area (Å²) in [7, 11) is 3.41. The van der Waals surface area contributed by atoms with E-state index < -0.39 is 5.91 Å². The van der Waals surface area contributed by atoms with Gasteiger partial charge >= 0.3 is 0 Å². The Balaban J connectivity index is 1.56. The molecule has 2 heterocycles. The largest absolute Gasteiger partial charge is 0.493 e. The van der Waals surface area contributed by atoms with E-state index in [0.29, 0.717) is 28.8 Å². The number of ether oxygens (including phenoxy) is 2. The van der Waals surface area contributed by atoms with Crippen LogP contribution in [0.4, 0.5) is 5.95 Å². The number of rotatable bonds is 6. The fourth-order valence-electron chi connectivity index (χ4n) is 3.05. The van der Waals surface area contributed by atoms with E-state index in [1.807, 2.05) is 48.0 Å². The predicted octanol–water partition coefficient (Wildman–Crippen LogP) is 3.71. The molecule has 0 saturated heterocycles. The number of nitrogens with zero attached hydrogens (tertiary/aromatic N) is 3. The van der Waals surface area contributed by atoms with Crippen molar-refractivity contribution in [3.8, 4) is 11.5 Å². The van der Waals surface area contributed by atoms with Crippen molar-refractivity contribution in [2.24, 2.45) is 7.05 Å². The van der Waals surface area contributed by atoms with Gasteiger partial charge in [-0.2, -0.15) is 0 Å². The summed E-state index contributed by atoms with van der Waals surface area (Å²) in [6.45, 7) is 1.85. The van der Waals surface area contributed by atoms with Crippen LogP contribution in [0.15, 0.2) is 53.1 Å². The molecule has 8 nitrogen and oxygen atoms in total. The molecule has 2 aromatic heterocycles. The predicted molar refractivity (Wildman–Crippen MR) is 107 cm³/mol. The highest BCUT2D eigenvalue weighted by Crippen LogP contribution is 2.28. The van der Waals surface area contributed by atoms with E-state index in [1.165, 1.54) is 0 Å². The Morgan fingerprint density at radius 2 is 1.86 bits per heavy atom. The van der Waals surface area contributed by atoms with Crippen LogP contribution < -0.4 is 14.8 Å². The lowest BCUT2D eigenvalue weighted by Gasteiger charge is -2.10. The average molecular weight is 392 g/mol. The van der Waals surface area contributed by atoms with E-state index in [4.69, 9.17) is 14.0 Å². The molecule has 0 aliphatic rings. The maximum atomic E-state index is 12.8. The Hall–Kier alpha value is -3.81. The number of fused-ring (bicyclic) bond motifs is 1. The van der Waals surface area contributed by atoms with Gasteiger partial charge in [0.15, 0.2) is 17.2 Å². The van der Waals surface area contributed by atoms with Gasteiger partial charge in [-0.05, 0) is 31.2 Å². The smallest absolute Gasteiger partial charge is 0.280 e. The van der Waals surface area contributed by atoms with Crippen LogP contribution in [0.25, 0.3) is 11.0 Å². The molecule has 148 valence electrons. The number of imidazole rings is 1. The number of para-hydroxylation sites is 4. The van der Waals surface area contributed by atoms with Crippen molar-refractivity contribution in [2.75, 3.05) is 12.4 Å². The number of anilines is 1. The average Bonchev–Trinajstić information content (AvgIpc) is 3.26. The normalized spacial score (nSPS) is 10.9. The minimum Gasteiger partial charge on any atom is -0.493 e. The molecule has 29 heavy (non-hydrogen) atoms. The molecule has 0 saturated carbocycles. The lowest BCUT2D eigenvalue weighted by molar-refractivity contribution is 0.101. The molecule has 0 atom stereocenters. The second-order valence-corrected chi connectivity index (χ2v) is 6.44. The Bertz CT molecular complexity index is 1180. The van der Waals surface area contributed by atoms with E-state index in [0.717, 1.165) is 11.0 Å². The maximum absolute atomic E-state index is 12.8. The SMILES string of the molecule is COc1ccccc1OCc1c(C(=O)Nc2nc3ccccc3n2C)noc1C. The van der Waals surface area contributed by atoms with Gasteiger partial charge in [0.05, 0.1) is 23.7 Å². The molecule has 0 radical (unpaired) electrons. The quantitative estimate of drug-likeness (QED) is 0.538. The van der Waals surface area contributed by atoms with Gasteiger partial charge in [-0.25, -0.2) is 4.98 Å². The van der Waals surface area contributed by atoms with Crippen molar-refractivity contribution in [3.63, 3.8) is 0 Å². The maximum Gasteiger partial charge on any atom is 0.280 e. The molecule has 4 aromatic rings. The summed E-state index contributed by atoms with van der Waals surface area (Å²) in [6, 6.07) is 14.9. The van der Waals surface area contributed by atoms with Gasteiger partial charge in [-0.15, -0.1) is 0 Å². The summed E-state index contributed by atoms with van der Waals surface area (Å²) < 4.78 is 18.2. The number of hydrogen-bond acceptors (Lipinski definition) is 6. The number of aryl methyl sites for hydroxylation is 2. The van der Waals surface area contributed by atoms with Gasteiger partial charge < -0.3 is 18.6 Å². The van der Waals surface area contributed by atoms with Crippen molar-refractivity contribution in [1.82, 2.24) is 14.7 Å². The number of carbonyl (C=O) groups is 1. The van der Waals surface area contributed by atoms with E-state index >= 15 is 0 Å². The summed E-state index contributed by atoms with van der Waals surface area (Å²) in [4.78, 5) is 17.3. The molecule has 4 rings (SSSR count). The monoisotopic (exact) mass is 392 g/mol. The van der Waals surface area contributed by atoms with Gasteiger partial charge in [0.25, 0.3) is 5.91 Å². The molecule has 0 spiro atoms. The van der Waals surface area contributed by atoms with E-state index in [-0.39, 0.29) is 12.3 Å². The molecule has 0 unspecified atom stereocenters. The fraction of sp³-hybridized carbons (Fsp3) is 0.190. The number of methoxy groups -OCH3 is 1. The third-order valence-electron chi connectivity index (χ3n) is 4.65. The molecule has 0 aliphatic carbocycles. The zero-order chi connectivity index (χ0) is 20.4. The van der Waals surface area contributed by atoms with Gasteiger partial charge in [-0.3, -0.25) is 10.1 Å². The summed E-state index contributed by atoms with van der Waals surface area (Å²) in [5.41, 5.74) is 2.43. The lowest BCUT2D eigenvalue weighted by atomic mass is 10.2. The minimum atomic E-state index is -0.418. The standard InChI is InChI=1S/C21H20N4O4/c1-13-14(12-28-18-11-7-6-10-17(18)27-3)19(24-29-13)20(26)23-21-22-15-8-4-5-9-16(15)25(21)2/h4-11H,12H2,1-3H3,(H,22,23,26). The second kappa shape index (κ2) is 7.67. The molecule has 1 amide bonds. The van der Waals surface area contributed by atoms with Crippen molar-refractivity contribution in [2.45, 2.75) is 13.5 Å². The van der Waals surface area contributed by atoms with Crippen LogP contribution >= 0.6 is 0 Å². The molecule has 8 heteroatoms. The number of hydrogen-bond donors (Lipinski definition) is 1. The Morgan fingerprint density at radius 3 is 2.62 bits per heavy atom. The number of nitrogens with one attached hydrogen (secondary N) is 1. The van der Waals surface area contributed by atoms with Gasteiger partial charge in [0.1, 0.15) is 12.4 Å². The molecule has 0 aliphatic heterocycles. The summed E-state index contributed by atoms with van der Waals surface area (Å²) in [6.07, 6.45) is 0. The molecule has 2 aromatic carbocycles. The first-order valence-corrected chi connectivity index (χ1v) is 9.02. The zero-order valence-corrected chi connectivity index (χ0v) is 16.3. The van der Waals surface area contributed by atoms with Crippen LogP contribution in [0, 0.1) is 6.92 Å². The molecule has 1 N–H and O–H groups in total. The van der Waals surface area contributed by atoms with Crippen LogP contribution in [-0.2, 0) is 13.7 Å². The van der Waals surface area contributed by atoms with Gasteiger partial charge in [0, 0.05) is 7.05 Å². The van der Waals surface area contributed by atoms with Crippen LogP contribution in [0.2, 0.25) is 0 Å². The minimum absolute atomic E-state index is 0.112. The first-order chi connectivity index (χ1) is 14.1. The highest BCUT2D eigenvalue weighted by Gasteiger charge is 2.22. The van der Waals surface area contributed by atoms with Crippen LogP contribution in [0.3, 0.4) is 0 Å². The molecular weight excluding hydrogens is 372 g/mol. The van der Waals surface area contributed by atoms with Crippen molar-refractivity contribution in [1.29, 1.82) is 0 Å². The third kappa shape index (κ3) is 3.52. The number of amides is 1. The summed E-state index contributed by atoms with van der Waals surface area (Å²) in [5.74, 6) is 1.69. The van der Waals surface area contributed by atoms with Gasteiger partial charge in [-0.1, -0.05) is 29.4 Å². The van der Waals surface area contributed by atoms with E-state index in [9.17, 15) is 4.79 Å². The first kappa shape index (κ1) is 18.5. The van der Waals surface area contributed by atoms with Crippen LogP contribution in [0.1, 0.15) is 21.8 Å². The number of carbonyl (C=O) groups excluding carboxylic acids is 1. The van der Waals surface area contributed by atoms with Crippen LogP contribution in [-0.4, -0.2) is 27.7 Å². The van der Waals surface area contributed by atoms with Crippen molar-refractivity contribution < 1.29 is 18.8 Å². The Kier molecular flexibility index (Phi) is 4.90. The van der Waals surface area contributed by atoms with Gasteiger partial charge in [0.2, 0.25) is 5.95 Å². The van der Waals surface area contributed by atoms with E-state index in [2.05, 4.69) is 15.5 Å². The topological polar surface area (TPSA) is 91.4 Å².